The zero-order chi connectivity index (χ0) is 15.2. The van der Waals surface area contributed by atoms with Crippen molar-refractivity contribution in [3.63, 3.8) is 0 Å². The molecule has 0 amide bonds. The Balaban J connectivity index is 2.01. The average Bonchev–Trinajstić information content (AvgIpc) is 2.99. The Hall–Kier alpha value is -1.39. The third kappa shape index (κ3) is 4.29. The molecule has 1 saturated heterocycles. The topological polar surface area (TPSA) is 38.8 Å². The summed E-state index contributed by atoms with van der Waals surface area (Å²) in [7, 11) is 1.61. The Labute approximate surface area is 127 Å². The van der Waals surface area contributed by atoms with Crippen molar-refractivity contribution in [1.29, 1.82) is 0 Å². The Kier molecular flexibility index (Phi) is 5.76. The van der Waals surface area contributed by atoms with Crippen LogP contribution in [0.1, 0.15) is 35.7 Å². The van der Waals surface area contributed by atoms with Gasteiger partial charge in [0.05, 0.1) is 25.3 Å². The molecule has 0 aliphatic carbocycles. The molecule has 2 rings (SSSR count). The van der Waals surface area contributed by atoms with Crippen molar-refractivity contribution in [2.24, 2.45) is 0 Å². The first-order valence-corrected chi connectivity index (χ1v) is 7.65. The van der Waals surface area contributed by atoms with Crippen molar-refractivity contribution < 1.29 is 14.3 Å². The molecule has 1 aromatic carbocycles. The lowest BCUT2D eigenvalue weighted by Crippen LogP contribution is -2.36. The highest BCUT2D eigenvalue weighted by Crippen LogP contribution is 2.21. The molecule has 0 N–H and O–H groups in total. The van der Waals surface area contributed by atoms with Crippen LogP contribution >= 0.6 is 0 Å². The molecule has 4 nitrogen and oxygen atoms in total. The number of likely N-dealkylation sites (N-methyl/N-ethyl adjacent to an activating group) is 1. The molecular formula is C17H25NO3. The fourth-order valence-corrected chi connectivity index (χ4v) is 2.70. The summed E-state index contributed by atoms with van der Waals surface area (Å²) in [4.78, 5) is 14.7. The maximum Gasteiger partial charge on any atom is 0.180 e. The van der Waals surface area contributed by atoms with Gasteiger partial charge in [-0.1, -0.05) is 13.0 Å². The maximum absolute atomic E-state index is 12.5. The Bertz CT molecular complexity index is 481. The highest BCUT2D eigenvalue weighted by molar-refractivity contribution is 6.00. The Morgan fingerprint density at radius 2 is 2.29 bits per heavy atom. The number of carbonyl (C=O) groups excluding carboxylic acids is 1. The predicted molar refractivity (Wildman–Crippen MR) is 83.1 cm³/mol. The molecule has 0 saturated carbocycles. The van der Waals surface area contributed by atoms with Crippen molar-refractivity contribution in [2.75, 3.05) is 33.4 Å². The normalized spacial score (nSPS) is 18.2. The molecule has 0 bridgehead atoms. The zero-order valence-corrected chi connectivity index (χ0v) is 13.2. The van der Waals surface area contributed by atoms with Crippen LogP contribution in [0.3, 0.4) is 0 Å². The summed E-state index contributed by atoms with van der Waals surface area (Å²) in [5.41, 5.74) is 1.75. The second-order valence-electron chi connectivity index (χ2n) is 5.59. The van der Waals surface area contributed by atoms with Gasteiger partial charge in [-0.05, 0) is 44.0 Å². The van der Waals surface area contributed by atoms with Crippen molar-refractivity contribution in [1.82, 2.24) is 4.90 Å². The van der Waals surface area contributed by atoms with Gasteiger partial charge >= 0.3 is 0 Å². The summed E-state index contributed by atoms with van der Waals surface area (Å²) in [5, 5.41) is 0. The second-order valence-corrected chi connectivity index (χ2v) is 5.59. The SMILES string of the molecule is CCN(CC(=O)c1ccc(C)cc1OC)CC1CCCO1. The summed E-state index contributed by atoms with van der Waals surface area (Å²) < 4.78 is 11.0. The van der Waals surface area contributed by atoms with Gasteiger partial charge in [-0.2, -0.15) is 0 Å². The van der Waals surface area contributed by atoms with E-state index in [9.17, 15) is 4.79 Å². The lowest BCUT2D eigenvalue weighted by atomic mass is 10.1. The van der Waals surface area contributed by atoms with E-state index in [0.717, 1.165) is 38.1 Å². The van der Waals surface area contributed by atoms with Crippen LogP contribution in [0.2, 0.25) is 0 Å². The Morgan fingerprint density at radius 3 is 2.90 bits per heavy atom. The van der Waals surface area contributed by atoms with E-state index in [4.69, 9.17) is 9.47 Å². The molecule has 0 spiro atoms. The molecule has 21 heavy (non-hydrogen) atoms. The number of hydrogen-bond acceptors (Lipinski definition) is 4. The number of ether oxygens (including phenoxy) is 2. The minimum atomic E-state index is 0.103. The van der Waals surface area contributed by atoms with Crippen LogP contribution in [-0.2, 0) is 4.74 Å². The molecule has 4 heteroatoms. The van der Waals surface area contributed by atoms with E-state index in [1.54, 1.807) is 7.11 Å². The first kappa shape index (κ1) is 16.0. The third-order valence-electron chi connectivity index (χ3n) is 3.96. The van der Waals surface area contributed by atoms with E-state index in [-0.39, 0.29) is 11.9 Å². The van der Waals surface area contributed by atoms with Gasteiger partial charge in [0.15, 0.2) is 5.78 Å². The van der Waals surface area contributed by atoms with Gasteiger partial charge in [-0.15, -0.1) is 0 Å². The van der Waals surface area contributed by atoms with Crippen molar-refractivity contribution in [3.05, 3.63) is 29.3 Å². The van der Waals surface area contributed by atoms with Crippen LogP contribution in [0, 0.1) is 6.92 Å². The third-order valence-corrected chi connectivity index (χ3v) is 3.96. The van der Waals surface area contributed by atoms with Crippen LogP contribution in [0.5, 0.6) is 5.75 Å². The molecule has 1 aromatic rings. The fourth-order valence-electron chi connectivity index (χ4n) is 2.70. The largest absolute Gasteiger partial charge is 0.496 e. The first-order valence-electron chi connectivity index (χ1n) is 7.65. The average molecular weight is 291 g/mol. The van der Waals surface area contributed by atoms with Crippen LogP contribution < -0.4 is 4.74 Å². The quantitative estimate of drug-likeness (QED) is 0.724. The number of aryl methyl sites for hydroxylation is 1. The molecule has 1 fully saturated rings. The number of methoxy groups -OCH3 is 1. The lowest BCUT2D eigenvalue weighted by molar-refractivity contribution is 0.0685. The second kappa shape index (κ2) is 7.57. The van der Waals surface area contributed by atoms with Crippen molar-refractivity contribution >= 4 is 5.78 Å². The van der Waals surface area contributed by atoms with Crippen LogP contribution in [-0.4, -0.2) is 50.1 Å². The number of rotatable bonds is 7. The monoisotopic (exact) mass is 291 g/mol. The number of hydrogen-bond donors (Lipinski definition) is 0. The van der Waals surface area contributed by atoms with E-state index in [1.807, 2.05) is 25.1 Å². The van der Waals surface area contributed by atoms with Crippen LogP contribution in [0.4, 0.5) is 0 Å². The van der Waals surface area contributed by atoms with Crippen molar-refractivity contribution in [3.8, 4) is 5.75 Å². The number of Topliss-reactive ketones (excluding diaryl/α,β-unsaturated/α-hetero) is 1. The first-order chi connectivity index (χ1) is 10.1. The maximum atomic E-state index is 12.5. The van der Waals surface area contributed by atoms with E-state index >= 15 is 0 Å². The molecule has 1 unspecified atom stereocenters. The zero-order valence-electron chi connectivity index (χ0n) is 13.2. The van der Waals surface area contributed by atoms with Crippen LogP contribution in [0.25, 0.3) is 0 Å². The molecule has 1 aliphatic heterocycles. The summed E-state index contributed by atoms with van der Waals surface area (Å²) in [6.45, 7) is 7.01. The lowest BCUT2D eigenvalue weighted by Gasteiger charge is -2.23. The summed E-state index contributed by atoms with van der Waals surface area (Å²) in [6.07, 6.45) is 2.50. The summed E-state index contributed by atoms with van der Waals surface area (Å²) in [6, 6.07) is 5.71. The van der Waals surface area contributed by atoms with Gasteiger partial charge in [0.2, 0.25) is 0 Å². The van der Waals surface area contributed by atoms with Gasteiger partial charge < -0.3 is 9.47 Å². The minimum Gasteiger partial charge on any atom is -0.496 e. The van der Waals surface area contributed by atoms with E-state index < -0.39 is 0 Å². The highest BCUT2D eigenvalue weighted by atomic mass is 16.5. The number of nitrogens with zero attached hydrogens (tertiary/aromatic N) is 1. The fraction of sp³-hybridized carbons (Fsp3) is 0.588. The molecule has 1 atom stereocenters. The molecule has 1 heterocycles. The molecular weight excluding hydrogens is 266 g/mol. The van der Waals surface area contributed by atoms with Gasteiger partial charge in [0.25, 0.3) is 0 Å². The summed E-state index contributed by atoms with van der Waals surface area (Å²) >= 11 is 0. The van der Waals surface area contributed by atoms with Crippen LogP contribution in [0.15, 0.2) is 18.2 Å². The number of carbonyl (C=O) groups is 1. The smallest absolute Gasteiger partial charge is 0.180 e. The predicted octanol–water partition coefficient (Wildman–Crippen LogP) is 2.69. The van der Waals surface area contributed by atoms with Gasteiger partial charge in [0.1, 0.15) is 5.75 Å². The molecule has 1 aliphatic rings. The van der Waals surface area contributed by atoms with Gasteiger partial charge in [0, 0.05) is 13.2 Å². The van der Waals surface area contributed by atoms with E-state index in [0.29, 0.717) is 17.9 Å². The van der Waals surface area contributed by atoms with Gasteiger partial charge in [-0.3, -0.25) is 9.69 Å². The number of ketones is 1. The summed E-state index contributed by atoms with van der Waals surface area (Å²) in [5.74, 6) is 0.764. The molecule has 0 radical (unpaired) electrons. The van der Waals surface area contributed by atoms with E-state index in [1.165, 1.54) is 0 Å². The van der Waals surface area contributed by atoms with Crippen molar-refractivity contribution in [2.45, 2.75) is 32.8 Å². The minimum absolute atomic E-state index is 0.103. The standard InChI is InChI=1S/C17H25NO3/c1-4-18(11-14-6-5-9-21-14)12-16(19)15-8-7-13(2)10-17(15)20-3/h7-8,10,14H,4-6,9,11-12H2,1-3H3. The number of benzene rings is 1. The van der Waals surface area contributed by atoms with Gasteiger partial charge in [-0.25, -0.2) is 0 Å². The molecule has 0 aromatic heterocycles. The Morgan fingerprint density at radius 1 is 1.48 bits per heavy atom. The highest BCUT2D eigenvalue weighted by Gasteiger charge is 2.21. The molecule has 116 valence electrons. The van der Waals surface area contributed by atoms with E-state index in [2.05, 4.69) is 11.8 Å².